The highest BCUT2D eigenvalue weighted by atomic mass is 32.1. The first-order valence-electron chi connectivity index (χ1n) is 14.9. The zero-order valence-electron chi connectivity index (χ0n) is 25.3. The molecule has 6 rings (SSSR count). The number of thiazole rings is 1. The summed E-state index contributed by atoms with van der Waals surface area (Å²) >= 11 is 1.24. The molecule has 0 bridgehead atoms. The van der Waals surface area contributed by atoms with Crippen LogP contribution in [0.1, 0.15) is 42.1 Å². The SMILES string of the molecule is CCOC(=O)C1=C(c2ccccc2)N=c2s/c(=C\c3ccc(OCc4ccccc4F)c(OCC)c3)c(=O)n2[C@H]1c1ccccc1. The van der Waals surface area contributed by atoms with Crippen LogP contribution in [-0.2, 0) is 16.1 Å². The van der Waals surface area contributed by atoms with Gasteiger partial charge in [0.1, 0.15) is 12.4 Å². The molecule has 0 aliphatic carbocycles. The van der Waals surface area contributed by atoms with Crippen LogP contribution in [0.15, 0.2) is 118 Å². The monoisotopic (exact) mass is 634 g/mol. The molecule has 0 amide bonds. The van der Waals surface area contributed by atoms with E-state index in [1.807, 2.05) is 73.7 Å². The molecule has 2 heterocycles. The number of rotatable bonds is 10. The molecule has 1 aromatic heterocycles. The van der Waals surface area contributed by atoms with E-state index >= 15 is 0 Å². The fourth-order valence-electron chi connectivity index (χ4n) is 5.32. The van der Waals surface area contributed by atoms with Gasteiger partial charge in [-0.25, -0.2) is 14.2 Å². The number of carbonyl (C=O) groups excluding carboxylic acids is 1. The normalized spacial score (nSPS) is 14.4. The lowest BCUT2D eigenvalue weighted by atomic mass is 9.93. The van der Waals surface area contributed by atoms with E-state index in [2.05, 4.69) is 0 Å². The third-order valence-electron chi connectivity index (χ3n) is 7.40. The summed E-state index contributed by atoms with van der Waals surface area (Å²) in [5, 5.41) is 0. The molecule has 46 heavy (non-hydrogen) atoms. The minimum absolute atomic E-state index is 0.0384. The summed E-state index contributed by atoms with van der Waals surface area (Å²) in [6.07, 6.45) is 1.77. The minimum atomic E-state index is -0.748. The molecule has 4 aromatic carbocycles. The first-order valence-corrected chi connectivity index (χ1v) is 15.8. The number of fused-ring (bicyclic) bond motifs is 1. The highest BCUT2D eigenvalue weighted by molar-refractivity contribution is 7.07. The second kappa shape index (κ2) is 13.8. The molecule has 0 saturated heterocycles. The maximum absolute atomic E-state index is 14.2. The van der Waals surface area contributed by atoms with Gasteiger partial charge >= 0.3 is 5.97 Å². The number of carbonyl (C=O) groups is 1. The number of ether oxygens (including phenoxy) is 3. The van der Waals surface area contributed by atoms with Crippen molar-refractivity contribution in [3.05, 3.63) is 156 Å². The Morgan fingerprint density at radius 2 is 1.61 bits per heavy atom. The Labute approximate surface area is 269 Å². The molecule has 1 aliphatic rings. The fourth-order valence-corrected chi connectivity index (χ4v) is 6.32. The Bertz CT molecular complexity index is 2090. The van der Waals surface area contributed by atoms with Gasteiger partial charge in [0.25, 0.3) is 5.56 Å². The van der Waals surface area contributed by atoms with Gasteiger partial charge in [-0.2, -0.15) is 0 Å². The molecule has 0 saturated carbocycles. The van der Waals surface area contributed by atoms with E-state index in [1.54, 1.807) is 47.9 Å². The lowest BCUT2D eigenvalue weighted by Gasteiger charge is -2.25. The number of aromatic nitrogens is 1. The number of hydrogen-bond acceptors (Lipinski definition) is 7. The van der Waals surface area contributed by atoms with Crippen molar-refractivity contribution in [3.63, 3.8) is 0 Å². The summed E-state index contributed by atoms with van der Waals surface area (Å²) in [6.45, 7) is 4.22. The molecule has 0 N–H and O–H groups in total. The van der Waals surface area contributed by atoms with Crippen LogP contribution in [0.25, 0.3) is 11.8 Å². The number of nitrogens with zero attached hydrogens (tertiary/aromatic N) is 2. The number of hydrogen-bond donors (Lipinski definition) is 0. The van der Waals surface area contributed by atoms with Crippen molar-refractivity contribution < 1.29 is 23.4 Å². The summed E-state index contributed by atoms with van der Waals surface area (Å²) < 4.78 is 33.5. The summed E-state index contributed by atoms with van der Waals surface area (Å²) in [7, 11) is 0. The molecular formula is C37H31FN2O5S. The third kappa shape index (κ3) is 6.27. The van der Waals surface area contributed by atoms with Gasteiger partial charge < -0.3 is 14.2 Å². The predicted octanol–water partition coefficient (Wildman–Crippen LogP) is 6.05. The Morgan fingerprint density at radius 3 is 2.33 bits per heavy atom. The molecule has 9 heteroatoms. The van der Waals surface area contributed by atoms with Crippen LogP contribution >= 0.6 is 11.3 Å². The smallest absolute Gasteiger partial charge is 0.338 e. The van der Waals surface area contributed by atoms with Gasteiger partial charge in [-0.05, 0) is 49.2 Å². The van der Waals surface area contributed by atoms with Crippen LogP contribution in [0.3, 0.4) is 0 Å². The lowest BCUT2D eigenvalue weighted by molar-refractivity contribution is -0.138. The van der Waals surface area contributed by atoms with Crippen molar-refractivity contribution >= 4 is 29.1 Å². The van der Waals surface area contributed by atoms with Gasteiger partial charge in [-0.15, -0.1) is 0 Å². The summed E-state index contributed by atoms with van der Waals surface area (Å²) in [5.74, 6) is 0.0567. The first kappa shape index (κ1) is 30.7. The maximum Gasteiger partial charge on any atom is 0.338 e. The second-order valence-corrected chi connectivity index (χ2v) is 11.4. The second-order valence-electron chi connectivity index (χ2n) is 10.4. The fraction of sp³-hybridized carbons (Fsp3) is 0.162. The summed E-state index contributed by atoms with van der Waals surface area (Å²) in [6, 6.07) is 29.9. The maximum atomic E-state index is 14.2. The summed E-state index contributed by atoms with van der Waals surface area (Å²) in [4.78, 5) is 33.1. The Hall–Kier alpha value is -5.28. The molecule has 1 atom stereocenters. The van der Waals surface area contributed by atoms with Gasteiger partial charge in [0.05, 0.1) is 35.1 Å². The van der Waals surface area contributed by atoms with Gasteiger partial charge in [-0.3, -0.25) is 9.36 Å². The lowest BCUT2D eigenvalue weighted by Crippen LogP contribution is -2.39. The van der Waals surface area contributed by atoms with E-state index in [4.69, 9.17) is 19.2 Å². The highest BCUT2D eigenvalue weighted by Crippen LogP contribution is 2.35. The molecule has 7 nitrogen and oxygen atoms in total. The quantitative estimate of drug-likeness (QED) is 0.175. The third-order valence-corrected chi connectivity index (χ3v) is 8.38. The molecule has 5 aromatic rings. The van der Waals surface area contributed by atoms with Crippen LogP contribution in [0, 0.1) is 5.82 Å². The Balaban J connectivity index is 1.47. The van der Waals surface area contributed by atoms with Crippen LogP contribution in [0.2, 0.25) is 0 Å². The number of esters is 1. The van der Waals surface area contributed by atoms with E-state index in [-0.39, 0.29) is 24.6 Å². The van der Waals surface area contributed by atoms with Crippen LogP contribution in [-0.4, -0.2) is 23.8 Å². The van der Waals surface area contributed by atoms with Crippen molar-refractivity contribution in [2.24, 2.45) is 4.99 Å². The van der Waals surface area contributed by atoms with Crippen molar-refractivity contribution in [2.75, 3.05) is 13.2 Å². The topological polar surface area (TPSA) is 79.1 Å². The molecule has 0 radical (unpaired) electrons. The Morgan fingerprint density at radius 1 is 0.891 bits per heavy atom. The number of benzene rings is 4. The van der Waals surface area contributed by atoms with Crippen LogP contribution in [0.4, 0.5) is 4.39 Å². The van der Waals surface area contributed by atoms with Crippen molar-refractivity contribution in [1.29, 1.82) is 0 Å². The standard InChI is InChI=1S/C37H31FN2O5S/c1-3-43-30-21-24(19-20-29(30)45-23-27-17-11-12-18-28(27)38)22-31-35(41)40-34(26-15-9-6-10-16-26)32(36(42)44-4-2)33(39-37(40)46-31)25-13-7-5-8-14-25/h5-22,34H,3-4,23H2,1-2H3/b31-22-/t34-/m0/s1. The van der Waals surface area contributed by atoms with Gasteiger partial charge in [0, 0.05) is 11.1 Å². The van der Waals surface area contributed by atoms with Crippen molar-refractivity contribution in [2.45, 2.75) is 26.5 Å². The predicted molar refractivity (Wildman–Crippen MR) is 176 cm³/mol. The van der Waals surface area contributed by atoms with Crippen molar-refractivity contribution in [3.8, 4) is 11.5 Å². The molecule has 0 unspecified atom stereocenters. The molecular weight excluding hydrogens is 603 g/mol. The minimum Gasteiger partial charge on any atom is -0.490 e. The van der Waals surface area contributed by atoms with Crippen molar-refractivity contribution in [1.82, 2.24) is 4.57 Å². The largest absolute Gasteiger partial charge is 0.490 e. The van der Waals surface area contributed by atoms with E-state index in [1.165, 1.54) is 17.4 Å². The Kier molecular flexibility index (Phi) is 9.21. The zero-order valence-corrected chi connectivity index (χ0v) is 26.1. The zero-order chi connectivity index (χ0) is 32.0. The molecule has 1 aliphatic heterocycles. The van der Waals surface area contributed by atoms with Gasteiger partial charge in [-0.1, -0.05) is 96.3 Å². The van der Waals surface area contributed by atoms with E-state index in [9.17, 15) is 14.0 Å². The molecule has 232 valence electrons. The van der Waals surface area contributed by atoms with Gasteiger partial charge in [0.15, 0.2) is 16.3 Å². The van der Waals surface area contributed by atoms with E-state index < -0.39 is 12.0 Å². The summed E-state index contributed by atoms with van der Waals surface area (Å²) in [5.41, 5.74) is 3.12. The highest BCUT2D eigenvalue weighted by Gasteiger charge is 2.35. The van der Waals surface area contributed by atoms with E-state index in [0.717, 1.165) is 11.1 Å². The average Bonchev–Trinajstić information content (AvgIpc) is 3.39. The van der Waals surface area contributed by atoms with Gasteiger partial charge in [0.2, 0.25) is 0 Å². The van der Waals surface area contributed by atoms with Crippen LogP contribution < -0.4 is 24.4 Å². The molecule has 0 spiro atoms. The van der Waals surface area contributed by atoms with Crippen LogP contribution in [0.5, 0.6) is 11.5 Å². The molecule has 0 fully saturated rings. The van der Waals surface area contributed by atoms with E-state index in [0.29, 0.717) is 49.8 Å². The number of halogens is 1. The first-order chi connectivity index (χ1) is 22.5. The average molecular weight is 635 g/mol.